The van der Waals surface area contributed by atoms with Gasteiger partial charge in [0.05, 0.1) is 34.3 Å². The van der Waals surface area contributed by atoms with Crippen molar-refractivity contribution in [3.63, 3.8) is 0 Å². The van der Waals surface area contributed by atoms with Crippen molar-refractivity contribution in [2.45, 2.75) is 43.9 Å². The zero-order valence-electron chi connectivity index (χ0n) is 37.3. The van der Waals surface area contributed by atoms with E-state index in [0.29, 0.717) is 30.8 Å². The number of carbonyl (C=O) groups excluding carboxylic acids is 2. The molecule has 324 valence electrons. The molecule has 6 nitrogen and oxygen atoms in total. The number of fused-ring (bicyclic) bond motifs is 10. The number of aromatic nitrogens is 2. The lowest BCUT2D eigenvalue weighted by atomic mass is 9.58. The van der Waals surface area contributed by atoms with Crippen molar-refractivity contribution in [3.8, 4) is 34.0 Å². The van der Waals surface area contributed by atoms with Gasteiger partial charge in [-0.05, 0) is 136 Å². The van der Waals surface area contributed by atoms with Crippen LogP contribution in [0.5, 0.6) is 11.5 Å². The number of rotatable bonds is 10. The van der Waals surface area contributed by atoms with E-state index < -0.39 is 22.7 Å². The third kappa shape index (κ3) is 6.77. The number of hydrogen-bond donors (Lipinski definition) is 0. The van der Waals surface area contributed by atoms with Crippen molar-refractivity contribution in [2.75, 3.05) is 0 Å². The average Bonchev–Trinajstić information content (AvgIpc) is 3.74. The first-order valence-corrected chi connectivity index (χ1v) is 23.2. The summed E-state index contributed by atoms with van der Waals surface area (Å²) in [6, 6.07) is 66.0. The first-order valence-electron chi connectivity index (χ1n) is 23.2. The van der Waals surface area contributed by atoms with Crippen molar-refractivity contribution in [1.29, 1.82) is 0 Å². The van der Waals surface area contributed by atoms with Gasteiger partial charge in [-0.3, -0.25) is 9.59 Å². The number of benzene rings is 8. The highest BCUT2D eigenvalue weighted by Gasteiger charge is 2.56. The predicted molar refractivity (Wildman–Crippen MR) is 267 cm³/mol. The van der Waals surface area contributed by atoms with Crippen LogP contribution in [-0.4, -0.2) is 21.9 Å². The maximum absolute atomic E-state index is 14.6. The van der Waals surface area contributed by atoms with Gasteiger partial charge >= 0.3 is 11.9 Å². The first kappa shape index (κ1) is 40.5. The van der Waals surface area contributed by atoms with Gasteiger partial charge in [0.25, 0.3) is 0 Å². The van der Waals surface area contributed by atoms with Crippen molar-refractivity contribution in [3.05, 3.63) is 216 Å². The molecule has 6 heteroatoms. The fraction of sp³-hybridized carbons (Fsp3) is 0.148. The number of para-hydroxylation sites is 4. The zero-order valence-corrected chi connectivity index (χ0v) is 37.3. The Balaban J connectivity index is 1.16. The second-order valence-corrected chi connectivity index (χ2v) is 18.7. The number of ether oxygens (including phenoxy) is 2. The maximum Gasteiger partial charge on any atom is 0.314 e. The Labute approximate surface area is 388 Å². The largest absolute Gasteiger partial charge is 0.426 e. The Kier molecular flexibility index (Phi) is 9.61. The molecule has 0 saturated heterocycles. The SMILES string of the molecule is CC(CC1(CC2(CC(C)C(=O)Oc3ccccc3)c3cc4ccccc4cc3-c3nc4ccccc4cc32)c2cc3ccccc3cc2-c2nc3ccccc3cc21)C(=O)Oc1ccccc1. The summed E-state index contributed by atoms with van der Waals surface area (Å²) in [4.78, 5) is 40.3. The van der Waals surface area contributed by atoms with Gasteiger partial charge in [0.1, 0.15) is 11.5 Å². The van der Waals surface area contributed by atoms with Gasteiger partial charge in [0.15, 0.2) is 0 Å². The molecule has 67 heavy (non-hydrogen) atoms. The summed E-state index contributed by atoms with van der Waals surface area (Å²) < 4.78 is 12.4. The number of hydrogen-bond acceptors (Lipinski definition) is 6. The van der Waals surface area contributed by atoms with Crippen molar-refractivity contribution < 1.29 is 19.1 Å². The van der Waals surface area contributed by atoms with Gasteiger partial charge in [-0.1, -0.05) is 135 Å². The van der Waals surface area contributed by atoms with Crippen LogP contribution in [0, 0.1) is 11.8 Å². The van der Waals surface area contributed by atoms with Crippen molar-refractivity contribution in [2.24, 2.45) is 11.8 Å². The van der Waals surface area contributed by atoms with Crippen LogP contribution >= 0.6 is 0 Å². The van der Waals surface area contributed by atoms with Crippen LogP contribution in [0.1, 0.15) is 55.4 Å². The molecule has 8 aromatic carbocycles. The standard InChI is InChI=1S/C61H46N2O4/c1-38(58(64)66-46-23-5-3-6-24-46)35-60(50-31-42-19-11-9-17-40(42)29-48(50)56-52(60)33-44-21-13-15-27-54(44)62-56)37-61(36-39(2)59(65)67-47-25-7-4-8-26-47)51-32-43-20-12-10-18-41(43)30-49(51)57-53(61)34-45-22-14-16-28-55(45)63-57/h3-34,38-39H,35-37H2,1-2H3. The molecule has 2 aliphatic rings. The zero-order chi connectivity index (χ0) is 45.3. The van der Waals surface area contributed by atoms with E-state index in [0.717, 1.165) is 88.1 Å². The second-order valence-electron chi connectivity index (χ2n) is 18.7. The van der Waals surface area contributed by atoms with E-state index in [1.54, 1.807) is 0 Å². The molecule has 0 bridgehead atoms. The molecule has 4 atom stereocenters. The lowest BCUT2D eigenvalue weighted by Gasteiger charge is -2.44. The van der Waals surface area contributed by atoms with Gasteiger partial charge in [0.2, 0.25) is 0 Å². The monoisotopic (exact) mass is 870 g/mol. The van der Waals surface area contributed by atoms with E-state index in [2.05, 4.69) is 121 Å². The topological polar surface area (TPSA) is 78.4 Å². The van der Waals surface area contributed by atoms with Crippen LogP contribution in [0.3, 0.4) is 0 Å². The van der Waals surface area contributed by atoms with E-state index >= 15 is 0 Å². The van der Waals surface area contributed by atoms with E-state index in [1.165, 1.54) is 0 Å². The minimum Gasteiger partial charge on any atom is -0.426 e. The fourth-order valence-corrected chi connectivity index (χ4v) is 11.4. The summed E-state index contributed by atoms with van der Waals surface area (Å²) in [7, 11) is 0. The van der Waals surface area contributed by atoms with Gasteiger partial charge in [0, 0.05) is 32.7 Å². The molecular formula is C61H46N2O4. The lowest BCUT2D eigenvalue weighted by molar-refractivity contribution is -0.139. The minimum atomic E-state index is -0.847. The number of nitrogens with zero attached hydrogens (tertiary/aromatic N) is 2. The molecule has 0 fully saturated rings. The number of carbonyl (C=O) groups is 2. The van der Waals surface area contributed by atoms with Crippen LogP contribution < -0.4 is 9.47 Å². The van der Waals surface area contributed by atoms with Gasteiger partial charge in [-0.2, -0.15) is 0 Å². The van der Waals surface area contributed by atoms with Gasteiger partial charge in [-0.25, -0.2) is 9.97 Å². The summed E-state index contributed by atoms with van der Waals surface area (Å²) in [5.74, 6) is -0.748. The normalized spacial score (nSPS) is 17.7. The van der Waals surface area contributed by atoms with E-state index in [9.17, 15) is 9.59 Å². The van der Waals surface area contributed by atoms with Crippen LogP contribution in [0.4, 0.5) is 0 Å². The first-order chi connectivity index (χ1) is 32.8. The Morgan fingerprint density at radius 3 is 1.15 bits per heavy atom. The number of pyridine rings is 2. The molecule has 4 unspecified atom stereocenters. The predicted octanol–water partition coefficient (Wildman–Crippen LogP) is 14.0. The maximum atomic E-state index is 14.6. The third-order valence-corrected chi connectivity index (χ3v) is 14.4. The number of esters is 2. The van der Waals surface area contributed by atoms with Crippen LogP contribution in [0.2, 0.25) is 0 Å². The van der Waals surface area contributed by atoms with Gasteiger partial charge in [-0.15, -0.1) is 0 Å². The van der Waals surface area contributed by atoms with Crippen LogP contribution in [0.25, 0.3) is 65.9 Å². The smallest absolute Gasteiger partial charge is 0.314 e. The molecule has 0 saturated carbocycles. The van der Waals surface area contributed by atoms with Crippen molar-refractivity contribution >= 4 is 55.3 Å². The molecule has 0 spiro atoms. The minimum absolute atomic E-state index is 0.310. The van der Waals surface area contributed by atoms with E-state index in [-0.39, 0.29) is 11.9 Å². The highest BCUT2D eigenvalue weighted by Crippen LogP contribution is 2.63. The molecular weight excluding hydrogens is 825 g/mol. The summed E-state index contributed by atoms with van der Waals surface area (Å²) in [6.45, 7) is 3.98. The summed E-state index contributed by atoms with van der Waals surface area (Å²) >= 11 is 0. The highest BCUT2D eigenvalue weighted by molar-refractivity contribution is 5.98. The molecule has 12 rings (SSSR count). The molecule has 0 radical (unpaired) electrons. The molecule has 2 aromatic heterocycles. The van der Waals surface area contributed by atoms with E-state index in [1.807, 2.05) is 86.6 Å². The quantitative estimate of drug-likeness (QED) is 0.101. The Hall–Kier alpha value is -7.96. The van der Waals surface area contributed by atoms with Crippen molar-refractivity contribution in [1.82, 2.24) is 9.97 Å². The average molecular weight is 871 g/mol. The van der Waals surface area contributed by atoms with E-state index in [4.69, 9.17) is 19.4 Å². The Bertz CT molecular complexity index is 3200. The molecule has 10 aromatic rings. The summed E-state index contributed by atoms with van der Waals surface area (Å²) in [6.07, 6.45) is 1.30. The summed E-state index contributed by atoms with van der Waals surface area (Å²) in [5.41, 5.74) is 8.33. The molecule has 0 N–H and O–H groups in total. The Morgan fingerprint density at radius 2 is 0.746 bits per heavy atom. The van der Waals surface area contributed by atoms with Crippen LogP contribution in [0.15, 0.2) is 194 Å². The van der Waals surface area contributed by atoms with Crippen LogP contribution in [-0.2, 0) is 20.4 Å². The second kappa shape index (κ2) is 15.9. The molecule has 2 heterocycles. The molecule has 0 amide bonds. The molecule has 0 aliphatic heterocycles. The van der Waals surface area contributed by atoms with Gasteiger partial charge < -0.3 is 9.47 Å². The lowest BCUT2D eigenvalue weighted by Crippen LogP contribution is -2.42. The molecule has 2 aliphatic carbocycles. The highest BCUT2D eigenvalue weighted by atomic mass is 16.5. The fourth-order valence-electron chi connectivity index (χ4n) is 11.4. The third-order valence-electron chi connectivity index (χ3n) is 14.4. The summed E-state index contributed by atoms with van der Waals surface area (Å²) in [5, 5.41) is 6.45. The Morgan fingerprint density at radius 1 is 0.418 bits per heavy atom.